The van der Waals surface area contributed by atoms with E-state index in [1.54, 1.807) is 10.9 Å². The van der Waals surface area contributed by atoms with Gasteiger partial charge < -0.3 is 10.0 Å². The Labute approximate surface area is 123 Å². The lowest BCUT2D eigenvalue weighted by molar-refractivity contribution is 0.0697. The maximum absolute atomic E-state index is 11.6. The summed E-state index contributed by atoms with van der Waals surface area (Å²) in [4.78, 5) is 18.0. The van der Waals surface area contributed by atoms with Crippen LogP contribution in [-0.4, -0.2) is 38.9 Å². The highest BCUT2D eigenvalue weighted by atomic mass is 16.4. The van der Waals surface area contributed by atoms with Gasteiger partial charge in [-0.25, -0.2) is 9.78 Å². The first-order valence-electron chi connectivity index (χ1n) is 7.40. The van der Waals surface area contributed by atoms with Crippen molar-refractivity contribution in [1.82, 2.24) is 14.8 Å². The summed E-state index contributed by atoms with van der Waals surface area (Å²) in [6, 6.07) is 0. The molecule has 112 valence electrons. The molecule has 0 amide bonds. The van der Waals surface area contributed by atoms with Crippen molar-refractivity contribution in [2.45, 2.75) is 26.2 Å². The molecule has 0 aromatic carbocycles. The molecule has 6 heteroatoms. The van der Waals surface area contributed by atoms with E-state index in [9.17, 15) is 9.90 Å². The molecular formula is C15H20N4O2. The second-order valence-corrected chi connectivity index (χ2v) is 5.72. The fourth-order valence-electron chi connectivity index (χ4n) is 2.76. The lowest BCUT2D eigenvalue weighted by Gasteiger charge is -2.26. The van der Waals surface area contributed by atoms with Crippen molar-refractivity contribution in [1.29, 1.82) is 0 Å². The van der Waals surface area contributed by atoms with E-state index < -0.39 is 5.97 Å². The number of carbonyl (C=O) groups is 1. The predicted molar refractivity (Wildman–Crippen MR) is 80.7 cm³/mol. The Kier molecular flexibility index (Phi) is 3.53. The van der Waals surface area contributed by atoms with Crippen LogP contribution in [0.3, 0.4) is 0 Å². The molecule has 21 heavy (non-hydrogen) atoms. The second kappa shape index (κ2) is 5.35. The number of hydrogen-bond acceptors (Lipinski definition) is 4. The molecule has 2 aromatic rings. The van der Waals surface area contributed by atoms with Gasteiger partial charge in [-0.1, -0.05) is 6.92 Å². The van der Waals surface area contributed by atoms with Gasteiger partial charge in [-0.05, 0) is 25.2 Å². The Bertz CT molecular complexity index is 676. The quantitative estimate of drug-likeness (QED) is 0.883. The van der Waals surface area contributed by atoms with Crippen molar-refractivity contribution in [2.75, 3.05) is 18.0 Å². The van der Waals surface area contributed by atoms with Gasteiger partial charge in [0.1, 0.15) is 5.56 Å². The van der Waals surface area contributed by atoms with Crippen molar-refractivity contribution >= 4 is 22.7 Å². The Morgan fingerprint density at radius 1 is 1.48 bits per heavy atom. The molecule has 1 aliphatic carbocycles. The second-order valence-electron chi connectivity index (χ2n) is 5.72. The van der Waals surface area contributed by atoms with Crippen LogP contribution in [0.25, 0.3) is 11.0 Å². The monoisotopic (exact) mass is 288 g/mol. The lowest BCUT2D eigenvalue weighted by Crippen LogP contribution is -2.28. The molecule has 6 nitrogen and oxygen atoms in total. The van der Waals surface area contributed by atoms with Crippen molar-refractivity contribution < 1.29 is 9.90 Å². The zero-order valence-corrected chi connectivity index (χ0v) is 12.4. The summed E-state index contributed by atoms with van der Waals surface area (Å²) in [5.74, 6) is -0.238. The zero-order valence-electron chi connectivity index (χ0n) is 12.4. The fraction of sp³-hybridized carbons (Fsp3) is 0.533. The highest BCUT2D eigenvalue weighted by Crippen LogP contribution is 2.35. The van der Waals surface area contributed by atoms with Crippen LogP contribution in [0.2, 0.25) is 0 Å². The maximum atomic E-state index is 11.6. The normalized spacial score (nSPS) is 14.6. The number of anilines is 1. The maximum Gasteiger partial charge on any atom is 0.339 e. The minimum atomic E-state index is -0.930. The molecule has 1 N–H and O–H groups in total. The molecule has 2 heterocycles. The van der Waals surface area contributed by atoms with Gasteiger partial charge in [0.15, 0.2) is 5.65 Å². The summed E-state index contributed by atoms with van der Waals surface area (Å²) in [6.07, 6.45) is 6.64. The molecule has 2 aromatic heterocycles. The average Bonchev–Trinajstić information content (AvgIpc) is 3.20. The topological polar surface area (TPSA) is 71.2 Å². The van der Waals surface area contributed by atoms with Crippen LogP contribution in [0.5, 0.6) is 0 Å². The molecule has 0 saturated heterocycles. The van der Waals surface area contributed by atoms with E-state index in [0.717, 1.165) is 36.2 Å². The van der Waals surface area contributed by atoms with Gasteiger partial charge in [0, 0.05) is 26.3 Å². The number of rotatable bonds is 6. The average molecular weight is 288 g/mol. The van der Waals surface area contributed by atoms with Gasteiger partial charge in [-0.3, -0.25) is 4.68 Å². The molecule has 0 unspecified atom stereocenters. The smallest absolute Gasteiger partial charge is 0.339 e. The third-order valence-electron chi connectivity index (χ3n) is 3.95. The van der Waals surface area contributed by atoms with Gasteiger partial charge in [-0.2, -0.15) is 5.10 Å². The number of pyridine rings is 1. The van der Waals surface area contributed by atoms with Crippen LogP contribution in [0.15, 0.2) is 12.4 Å². The molecule has 0 radical (unpaired) electrons. The highest BCUT2D eigenvalue weighted by molar-refractivity contribution is 6.03. The SMILES string of the molecule is CCCN(CC1CC1)c1c(C(=O)O)cnc2c1cnn2C. The summed E-state index contributed by atoms with van der Waals surface area (Å²) in [7, 11) is 1.82. The number of aromatic nitrogens is 3. The number of hydrogen-bond donors (Lipinski definition) is 1. The van der Waals surface area contributed by atoms with Gasteiger partial charge in [-0.15, -0.1) is 0 Å². The van der Waals surface area contributed by atoms with E-state index >= 15 is 0 Å². The highest BCUT2D eigenvalue weighted by Gasteiger charge is 2.28. The van der Waals surface area contributed by atoms with Gasteiger partial charge >= 0.3 is 5.97 Å². The van der Waals surface area contributed by atoms with Crippen LogP contribution in [-0.2, 0) is 7.05 Å². The van der Waals surface area contributed by atoms with Crippen LogP contribution < -0.4 is 4.90 Å². The molecule has 3 rings (SSSR count). The first-order valence-corrected chi connectivity index (χ1v) is 7.40. The molecule has 0 spiro atoms. The first kappa shape index (κ1) is 13.9. The summed E-state index contributed by atoms with van der Waals surface area (Å²) < 4.78 is 1.69. The van der Waals surface area contributed by atoms with Crippen LogP contribution in [0.4, 0.5) is 5.69 Å². The number of carboxylic acid groups (broad SMARTS) is 1. The van der Waals surface area contributed by atoms with E-state index in [0.29, 0.717) is 5.92 Å². The number of aromatic carboxylic acids is 1. The number of aryl methyl sites for hydroxylation is 1. The summed E-state index contributed by atoms with van der Waals surface area (Å²) in [6.45, 7) is 3.88. The third kappa shape index (κ3) is 2.57. The van der Waals surface area contributed by atoms with Crippen molar-refractivity contribution in [3.63, 3.8) is 0 Å². The molecule has 1 fully saturated rings. The molecular weight excluding hydrogens is 268 g/mol. The van der Waals surface area contributed by atoms with E-state index in [2.05, 4.69) is 21.9 Å². The van der Waals surface area contributed by atoms with Crippen LogP contribution in [0.1, 0.15) is 36.5 Å². The minimum absolute atomic E-state index is 0.268. The number of carboxylic acids is 1. The molecule has 0 atom stereocenters. The fourth-order valence-corrected chi connectivity index (χ4v) is 2.76. The Hall–Kier alpha value is -2.11. The molecule has 1 aliphatic rings. The number of fused-ring (bicyclic) bond motifs is 1. The third-order valence-corrected chi connectivity index (χ3v) is 3.95. The summed E-state index contributed by atoms with van der Waals surface area (Å²) >= 11 is 0. The van der Waals surface area contributed by atoms with Gasteiger partial charge in [0.2, 0.25) is 0 Å². The Morgan fingerprint density at radius 3 is 2.86 bits per heavy atom. The van der Waals surface area contributed by atoms with E-state index in [1.165, 1.54) is 19.0 Å². The largest absolute Gasteiger partial charge is 0.478 e. The van der Waals surface area contributed by atoms with Crippen molar-refractivity contribution in [3.8, 4) is 0 Å². The van der Waals surface area contributed by atoms with Gasteiger partial charge in [0.05, 0.1) is 17.3 Å². The van der Waals surface area contributed by atoms with Crippen molar-refractivity contribution in [3.05, 3.63) is 18.0 Å². The van der Waals surface area contributed by atoms with Crippen LogP contribution in [0, 0.1) is 5.92 Å². The predicted octanol–water partition coefficient (Wildman–Crippen LogP) is 2.29. The lowest BCUT2D eigenvalue weighted by atomic mass is 10.1. The van der Waals surface area contributed by atoms with Crippen LogP contribution >= 0.6 is 0 Å². The van der Waals surface area contributed by atoms with E-state index in [4.69, 9.17) is 0 Å². The molecule has 0 aliphatic heterocycles. The Morgan fingerprint density at radius 2 is 2.24 bits per heavy atom. The van der Waals surface area contributed by atoms with Crippen molar-refractivity contribution in [2.24, 2.45) is 13.0 Å². The molecule has 0 bridgehead atoms. The number of nitrogens with zero attached hydrogens (tertiary/aromatic N) is 4. The Balaban J connectivity index is 2.14. The van der Waals surface area contributed by atoms with E-state index in [-0.39, 0.29) is 5.56 Å². The summed E-state index contributed by atoms with van der Waals surface area (Å²) in [5.41, 5.74) is 1.77. The zero-order chi connectivity index (χ0) is 15.0. The van der Waals surface area contributed by atoms with E-state index in [1.807, 2.05) is 7.05 Å². The van der Waals surface area contributed by atoms with Gasteiger partial charge in [0.25, 0.3) is 0 Å². The standard InChI is InChI=1S/C15H20N4O2/c1-3-6-19(9-10-4-5-10)13-11-8-17-18(2)14(11)16-7-12(13)15(20)21/h7-8,10H,3-6,9H2,1-2H3,(H,20,21). The molecule has 1 saturated carbocycles. The summed E-state index contributed by atoms with van der Waals surface area (Å²) in [5, 5.41) is 14.6. The minimum Gasteiger partial charge on any atom is -0.478 e. The first-order chi connectivity index (χ1) is 10.1.